The first-order chi connectivity index (χ1) is 31.9. The molecule has 0 spiro atoms. The fraction of sp³-hybridized carbons (Fsp3) is 0.367. The number of likely N-dealkylation sites (N-methyl/N-ethyl adjacent to an activating group) is 1. The van der Waals surface area contributed by atoms with Crippen LogP contribution in [-0.2, 0) is 45.6 Å². The Morgan fingerprint density at radius 1 is 0.909 bits per heavy atom. The molecule has 17 heteroatoms. The average Bonchev–Trinajstić information content (AvgIpc) is 3.90. The van der Waals surface area contributed by atoms with E-state index in [1.54, 1.807) is 36.7 Å². The van der Waals surface area contributed by atoms with Gasteiger partial charge in [0.05, 0.1) is 23.8 Å². The number of nitrogens with one attached hydrogen (secondary N) is 4. The predicted octanol–water partition coefficient (Wildman–Crippen LogP) is 5.40. The number of ether oxygens (including phenoxy) is 1. The summed E-state index contributed by atoms with van der Waals surface area (Å²) in [6, 6.07) is 19.4. The number of nitrogens with zero attached hydrogens (tertiary/aromatic N) is 5. The third kappa shape index (κ3) is 9.10. The molecule has 342 valence electrons. The van der Waals surface area contributed by atoms with Crippen LogP contribution in [0.2, 0.25) is 0 Å². The Bertz CT molecular complexity index is 2760. The van der Waals surface area contributed by atoms with Crippen LogP contribution >= 0.6 is 11.3 Å². The molecule has 0 radical (unpaired) electrons. The van der Waals surface area contributed by atoms with Gasteiger partial charge in [-0.1, -0.05) is 30.3 Å². The van der Waals surface area contributed by atoms with Gasteiger partial charge in [0.15, 0.2) is 5.82 Å². The summed E-state index contributed by atoms with van der Waals surface area (Å²) in [6.45, 7) is 5.07. The number of hydrogen-bond acceptors (Lipinski definition) is 12. The van der Waals surface area contributed by atoms with Crippen molar-refractivity contribution in [3.8, 4) is 11.3 Å². The van der Waals surface area contributed by atoms with Crippen LogP contribution in [0.4, 0.5) is 22.9 Å². The molecule has 2 saturated heterocycles. The van der Waals surface area contributed by atoms with Crippen LogP contribution in [-0.4, -0.2) is 106 Å². The number of imide groups is 1. The van der Waals surface area contributed by atoms with Crippen LogP contribution in [0, 0.1) is 6.92 Å². The SMILES string of the molecule is Cc1c(NC(=O)c2cc3c(s2)CCCC3)cccc1-c1cn(C)c(=O)c(Nc2ccc([C@@H]3C(=O)N(CCOCCNc4cccc5c4CN(C4CCC(=O)NC4=O)C5=O)CCN3C)cc2)n1. The largest absolute Gasteiger partial charge is 0.382 e. The highest BCUT2D eigenvalue weighted by atomic mass is 32.1. The summed E-state index contributed by atoms with van der Waals surface area (Å²) in [5.74, 6) is -0.998. The molecule has 2 aromatic heterocycles. The molecule has 0 saturated carbocycles. The molecule has 9 rings (SSSR count). The second-order valence-corrected chi connectivity index (χ2v) is 18.5. The van der Waals surface area contributed by atoms with Crippen molar-refractivity contribution < 1.29 is 28.7 Å². The number of piperazine rings is 1. The minimum absolute atomic E-state index is 0.0252. The van der Waals surface area contributed by atoms with Crippen molar-refractivity contribution >= 4 is 63.8 Å². The molecule has 4 N–H and O–H groups in total. The van der Waals surface area contributed by atoms with Gasteiger partial charge in [-0.25, -0.2) is 4.98 Å². The Balaban J connectivity index is 0.783. The van der Waals surface area contributed by atoms with Crippen LogP contribution in [0.1, 0.15) is 78.9 Å². The van der Waals surface area contributed by atoms with Gasteiger partial charge in [0.2, 0.25) is 17.7 Å². The van der Waals surface area contributed by atoms with Gasteiger partial charge in [-0.05, 0) is 99.2 Å². The highest BCUT2D eigenvalue weighted by Crippen LogP contribution is 2.34. The summed E-state index contributed by atoms with van der Waals surface area (Å²) in [5.41, 5.74) is 7.45. The lowest BCUT2D eigenvalue weighted by Crippen LogP contribution is -2.52. The predicted molar refractivity (Wildman–Crippen MR) is 252 cm³/mol. The maximum absolute atomic E-state index is 13.9. The van der Waals surface area contributed by atoms with E-state index in [-0.39, 0.29) is 48.0 Å². The van der Waals surface area contributed by atoms with Gasteiger partial charge in [0.25, 0.3) is 17.4 Å². The van der Waals surface area contributed by atoms with Gasteiger partial charge < -0.3 is 35.1 Å². The number of hydrogen-bond donors (Lipinski definition) is 4. The summed E-state index contributed by atoms with van der Waals surface area (Å²) < 4.78 is 7.44. The number of aromatic nitrogens is 2. The number of carbonyl (C=O) groups is 5. The number of fused-ring (bicyclic) bond motifs is 2. The number of benzene rings is 3. The van der Waals surface area contributed by atoms with E-state index in [4.69, 9.17) is 9.72 Å². The van der Waals surface area contributed by atoms with E-state index in [1.165, 1.54) is 19.9 Å². The maximum Gasteiger partial charge on any atom is 0.293 e. The number of aryl methyl sites for hydroxylation is 3. The molecular weight excluding hydrogens is 859 g/mol. The lowest BCUT2D eigenvalue weighted by molar-refractivity contribution is -0.142. The molecule has 3 aliphatic heterocycles. The maximum atomic E-state index is 13.9. The van der Waals surface area contributed by atoms with Gasteiger partial charge in [-0.2, -0.15) is 0 Å². The second kappa shape index (κ2) is 19.0. The standard InChI is InChI=1S/C49H53N9O7S/c1-29-33(9-6-11-36(29)53-46(61)41-26-31-8-4-5-13-40(31)66-41)38-28-56(3)49(64)44(52-38)51-32-16-14-30(15-17-32)43-48(63)57(22-21-55(43)2)23-25-65-24-20-50-37-12-7-10-34-35(37)27-58(47(34)62)39-18-19-42(59)54-45(39)60/h6-7,9-12,14-17,26,28,39,43,50H,4-5,8,13,18-25,27H2,1-3H3,(H,51,52)(H,53,61)(H,54,59,60)/t39?,43-/m1/s1. The van der Waals surface area contributed by atoms with Crippen LogP contribution in [0.25, 0.3) is 11.3 Å². The topological polar surface area (TPSA) is 187 Å². The number of amides is 5. The third-order valence-electron chi connectivity index (χ3n) is 13.0. The summed E-state index contributed by atoms with van der Waals surface area (Å²) >= 11 is 1.58. The first-order valence-electron chi connectivity index (χ1n) is 22.5. The molecule has 5 heterocycles. The van der Waals surface area contributed by atoms with E-state index >= 15 is 0 Å². The lowest BCUT2D eigenvalue weighted by atomic mass is 9.99. The van der Waals surface area contributed by atoms with Gasteiger partial charge in [-0.3, -0.25) is 39.0 Å². The Hall–Kier alpha value is -6.69. The zero-order chi connectivity index (χ0) is 46.1. The van der Waals surface area contributed by atoms with E-state index in [2.05, 4.69) is 21.3 Å². The van der Waals surface area contributed by atoms with Crippen molar-refractivity contribution in [2.75, 3.05) is 62.4 Å². The summed E-state index contributed by atoms with van der Waals surface area (Å²) in [4.78, 5) is 90.0. The molecular formula is C49H53N9O7S. The van der Waals surface area contributed by atoms with Gasteiger partial charge in [0.1, 0.15) is 12.1 Å². The van der Waals surface area contributed by atoms with Crippen molar-refractivity contribution in [1.82, 2.24) is 29.6 Å². The Morgan fingerprint density at radius 2 is 1.68 bits per heavy atom. The van der Waals surface area contributed by atoms with E-state index in [0.717, 1.165) is 53.6 Å². The fourth-order valence-electron chi connectivity index (χ4n) is 9.32. The van der Waals surface area contributed by atoms with E-state index in [9.17, 15) is 28.8 Å². The van der Waals surface area contributed by atoms with Crippen LogP contribution < -0.4 is 26.8 Å². The molecule has 2 atom stereocenters. The molecule has 4 aliphatic rings. The zero-order valence-corrected chi connectivity index (χ0v) is 38.1. The van der Waals surface area contributed by atoms with E-state index in [1.807, 2.05) is 78.4 Å². The van der Waals surface area contributed by atoms with Crippen molar-refractivity contribution in [2.45, 2.75) is 64.1 Å². The minimum atomic E-state index is -0.679. The Labute approximate surface area is 386 Å². The normalized spacial score (nSPS) is 18.5. The lowest BCUT2D eigenvalue weighted by Gasteiger charge is -2.39. The quantitative estimate of drug-likeness (QED) is 0.0826. The number of carbonyl (C=O) groups excluding carboxylic acids is 5. The fourth-order valence-corrected chi connectivity index (χ4v) is 10.5. The van der Waals surface area contributed by atoms with E-state index in [0.29, 0.717) is 73.3 Å². The molecule has 0 bridgehead atoms. The number of rotatable bonds is 14. The number of piperidine rings is 1. The smallest absolute Gasteiger partial charge is 0.293 e. The van der Waals surface area contributed by atoms with Crippen molar-refractivity contribution in [3.63, 3.8) is 0 Å². The second-order valence-electron chi connectivity index (χ2n) is 17.3. The Morgan fingerprint density at radius 3 is 2.47 bits per heavy atom. The average molecular weight is 912 g/mol. The first-order valence-corrected chi connectivity index (χ1v) is 23.3. The zero-order valence-electron chi connectivity index (χ0n) is 37.3. The number of thiophene rings is 1. The van der Waals surface area contributed by atoms with Crippen LogP contribution in [0.15, 0.2) is 77.7 Å². The molecule has 1 aliphatic carbocycles. The van der Waals surface area contributed by atoms with Gasteiger partial charge in [0, 0.05) is 91.0 Å². The number of anilines is 4. The van der Waals surface area contributed by atoms with Gasteiger partial charge >= 0.3 is 0 Å². The van der Waals surface area contributed by atoms with E-state index < -0.39 is 18.0 Å². The molecule has 66 heavy (non-hydrogen) atoms. The molecule has 5 amide bonds. The Kier molecular flexibility index (Phi) is 12.8. The van der Waals surface area contributed by atoms with Crippen molar-refractivity contribution in [3.05, 3.63) is 121 Å². The van der Waals surface area contributed by atoms with Crippen LogP contribution in [0.5, 0.6) is 0 Å². The minimum Gasteiger partial charge on any atom is -0.382 e. The monoisotopic (exact) mass is 911 g/mol. The molecule has 2 fully saturated rings. The summed E-state index contributed by atoms with van der Waals surface area (Å²) in [6.07, 6.45) is 6.56. The molecule has 5 aromatic rings. The summed E-state index contributed by atoms with van der Waals surface area (Å²) in [7, 11) is 3.61. The van der Waals surface area contributed by atoms with Crippen molar-refractivity contribution in [1.29, 1.82) is 0 Å². The third-order valence-corrected chi connectivity index (χ3v) is 14.2. The van der Waals surface area contributed by atoms with Crippen LogP contribution in [0.3, 0.4) is 0 Å². The molecule has 16 nitrogen and oxygen atoms in total. The highest BCUT2D eigenvalue weighted by Gasteiger charge is 2.40. The summed E-state index contributed by atoms with van der Waals surface area (Å²) in [5, 5.41) is 12.0. The highest BCUT2D eigenvalue weighted by molar-refractivity contribution is 7.14. The van der Waals surface area contributed by atoms with Gasteiger partial charge in [-0.15, -0.1) is 11.3 Å². The first kappa shape index (κ1) is 44.5. The van der Waals surface area contributed by atoms with Crippen molar-refractivity contribution in [2.24, 2.45) is 7.05 Å². The molecule has 1 unspecified atom stereocenters. The molecule has 3 aromatic carbocycles.